The van der Waals surface area contributed by atoms with Gasteiger partial charge in [0.2, 0.25) is 0 Å². The van der Waals surface area contributed by atoms with Gasteiger partial charge >= 0.3 is 0 Å². The summed E-state index contributed by atoms with van der Waals surface area (Å²) in [7, 11) is 4.79. The van der Waals surface area contributed by atoms with Crippen molar-refractivity contribution in [2.45, 2.75) is 11.9 Å². The molecular weight excluding hydrogens is 165 g/mol. The first kappa shape index (κ1) is 8.79. The zero-order valence-electron chi connectivity index (χ0n) is 6.16. The average molecular weight is 179 g/mol. The maximum Gasteiger partial charge on any atom is 0.0839 e. The van der Waals surface area contributed by atoms with Gasteiger partial charge in [-0.25, -0.2) is 0 Å². The van der Waals surface area contributed by atoms with E-state index in [9.17, 15) is 0 Å². The Kier molecular flexibility index (Phi) is 3.44. The van der Waals surface area contributed by atoms with Gasteiger partial charge in [-0.3, -0.25) is 0 Å². The van der Waals surface area contributed by atoms with Crippen LogP contribution in [0.5, 0.6) is 0 Å². The molecule has 2 nitrogen and oxygen atoms in total. The van der Waals surface area contributed by atoms with Crippen molar-refractivity contribution in [3.63, 3.8) is 0 Å². The Labute approximate surface area is 69.9 Å². The second kappa shape index (κ2) is 3.91. The zero-order valence-corrected chi connectivity index (χ0v) is 8.21. The fraction of sp³-hybridized carbons (Fsp3) is 1.00. The van der Waals surface area contributed by atoms with E-state index in [0.29, 0.717) is 6.10 Å². The van der Waals surface area contributed by atoms with E-state index in [1.54, 1.807) is 0 Å². The molecule has 0 aromatic carbocycles. The van der Waals surface area contributed by atoms with Crippen LogP contribution in [0.15, 0.2) is 0 Å². The second-order valence-electron chi connectivity index (χ2n) is 2.70. The average Bonchev–Trinajstić information content (AvgIpc) is 1.85. The van der Waals surface area contributed by atoms with E-state index in [1.165, 1.54) is 0 Å². The number of thiol groups is 1. The van der Waals surface area contributed by atoms with Crippen molar-refractivity contribution in [2.24, 2.45) is 0 Å². The summed E-state index contributed by atoms with van der Waals surface area (Å²) < 4.78 is 5.55. The van der Waals surface area contributed by atoms with Gasteiger partial charge in [0.05, 0.1) is 11.9 Å². The highest BCUT2D eigenvalue weighted by Gasteiger charge is 2.21. The zero-order chi connectivity index (χ0) is 7.56. The van der Waals surface area contributed by atoms with Crippen molar-refractivity contribution in [2.75, 3.05) is 25.9 Å². The molecule has 1 aliphatic heterocycles. The number of morpholine rings is 1. The molecule has 60 valence electrons. The van der Waals surface area contributed by atoms with Crippen LogP contribution < -0.4 is 0 Å². The highest BCUT2D eigenvalue weighted by atomic mass is 32.1. The van der Waals surface area contributed by atoms with Crippen LogP contribution in [0.4, 0.5) is 0 Å². The summed E-state index contributed by atoms with van der Waals surface area (Å²) >= 11 is 4.18. The predicted octanol–water partition coefficient (Wildman–Crippen LogP) is 0.448. The normalized spacial score (nSPS) is 36.3. The van der Waals surface area contributed by atoms with Crippen LogP contribution in [-0.4, -0.2) is 42.7 Å². The molecule has 1 aliphatic rings. The minimum absolute atomic E-state index is 0.288. The summed E-state index contributed by atoms with van der Waals surface area (Å²) in [6.45, 7) is 2.02. The minimum Gasteiger partial charge on any atom is -0.368 e. The van der Waals surface area contributed by atoms with E-state index in [1.807, 2.05) is 0 Å². The van der Waals surface area contributed by atoms with Gasteiger partial charge in [0.15, 0.2) is 0 Å². The van der Waals surface area contributed by atoms with E-state index in [4.69, 9.17) is 4.74 Å². The molecule has 1 fully saturated rings. The molecule has 0 radical (unpaired) electrons. The van der Waals surface area contributed by atoms with Crippen LogP contribution in [-0.2, 0) is 4.74 Å². The third kappa shape index (κ3) is 2.39. The monoisotopic (exact) mass is 179 g/mol. The van der Waals surface area contributed by atoms with Gasteiger partial charge in [-0.1, -0.05) is 0 Å². The first-order chi connectivity index (χ1) is 4.72. The van der Waals surface area contributed by atoms with E-state index in [2.05, 4.69) is 33.8 Å². The lowest BCUT2D eigenvalue weighted by Gasteiger charge is -2.33. The van der Waals surface area contributed by atoms with Crippen molar-refractivity contribution in [1.82, 2.24) is 4.90 Å². The molecule has 4 heteroatoms. The predicted molar refractivity (Wildman–Crippen MR) is 49.7 cm³/mol. The molecule has 1 rings (SSSR count). The number of rotatable bonds is 1. The van der Waals surface area contributed by atoms with Crippen molar-refractivity contribution in [1.29, 1.82) is 0 Å². The SMILES string of the molecule is CN1CC(P)OC(CS)C1. The highest BCUT2D eigenvalue weighted by Crippen LogP contribution is 2.14. The standard InChI is InChI=1S/C6H14NOPS/c1-7-2-5(4-10)8-6(9)3-7/h5-6,10H,2-4,9H2,1H3. The Hall–Kier alpha value is 0.700. The van der Waals surface area contributed by atoms with Crippen LogP contribution >= 0.6 is 21.9 Å². The molecule has 1 saturated heterocycles. The first-order valence-electron chi connectivity index (χ1n) is 3.43. The summed E-state index contributed by atoms with van der Waals surface area (Å²) in [5, 5.41) is 0. The fourth-order valence-corrected chi connectivity index (χ4v) is 1.95. The Morgan fingerprint density at radius 3 is 2.90 bits per heavy atom. The van der Waals surface area contributed by atoms with Gasteiger partial charge in [-0.2, -0.15) is 12.6 Å². The van der Waals surface area contributed by atoms with Gasteiger partial charge in [0.1, 0.15) is 0 Å². The van der Waals surface area contributed by atoms with Gasteiger partial charge in [-0.05, 0) is 7.05 Å². The number of hydrogen-bond acceptors (Lipinski definition) is 3. The van der Waals surface area contributed by atoms with Gasteiger partial charge in [0.25, 0.3) is 0 Å². The van der Waals surface area contributed by atoms with Crippen LogP contribution in [0.2, 0.25) is 0 Å². The summed E-state index contributed by atoms with van der Waals surface area (Å²) in [6.07, 6.45) is 0.310. The van der Waals surface area contributed by atoms with Crippen molar-refractivity contribution < 1.29 is 4.74 Å². The van der Waals surface area contributed by atoms with Crippen LogP contribution in [0, 0.1) is 0 Å². The molecule has 0 bridgehead atoms. The lowest BCUT2D eigenvalue weighted by atomic mass is 10.3. The van der Waals surface area contributed by atoms with Crippen molar-refractivity contribution in [3.8, 4) is 0 Å². The summed E-state index contributed by atoms with van der Waals surface area (Å²) in [5.41, 5.74) is 0. The lowest BCUT2D eigenvalue weighted by Crippen LogP contribution is -2.44. The third-order valence-corrected chi connectivity index (χ3v) is 2.35. The first-order valence-corrected chi connectivity index (χ1v) is 4.72. The van der Waals surface area contributed by atoms with Crippen LogP contribution in [0.25, 0.3) is 0 Å². The molecule has 0 saturated carbocycles. The van der Waals surface area contributed by atoms with E-state index >= 15 is 0 Å². The maximum absolute atomic E-state index is 5.55. The molecule has 0 amide bonds. The summed E-state index contributed by atoms with van der Waals surface area (Å²) in [6, 6.07) is 0. The molecule has 1 heterocycles. The Balaban J connectivity index is 2.35. The van der Waals surface area contributed by atoms with Crippen molar-refractivity contribution in [3.05, 3.63) is 0 Å². The maximum atomic E-state index is 5.55. The molecule has 0 aromatic rings. The molecular formula is C6H14NOPS. The molecule has 0 aliphatic carbocycles. The quantitative estimate of drug-likeness (QED) is 0.463. The molecule has 3 atom stereocenters. The largest absolute Gasteiger partial charge is 0.368 e. The lowest BCUT2D eigenvalue weighted by molar-refractivity contribution is -0.0249. The number of likely N-dealkylation sites (N-methyl/N-ethyl adjacent to an activating group) is 1. The topological polar surface area (TPSA) is 12.5 Å². The van der Waals surface area contributed by atoms with Crippen LogP contribution in [0.3, 0.4) is 0 Å². The fourth-order valence-electron chi connectivity index (χ4n) is 1.16. The summed E-state index contributed by atoms with van der Waals surface area (Å²) in [4.78, 5) is 2.27. The van der Waals surface area contributed by atoms with E-state index < -0.39 is 0 Å². The van der Waals surface area contributed by atoms with Gasteiger partial charge < -0.3 is 9.64 Å². The Morgan fingerprint density at radius 1 is 1.70 bits per heavy atom. The molecule has 0 spiro atoms. The molecule has 10 heavy (non-hydrogen) atoms. The smallest absolute Gasteiger partial charge is 0.0839 e. The van der Waals surface area contributed by atoms with E-state index in [-0.39, 0.29) is 5.85 Å². The third-order valence-electron chi connectivity index (χ3n) is 1.58. The minimum atomic E-state index is 0.288. The van der Waals surface area contributed by atoms with Gasteiger partial charge in [-0.15, -0.1) is 9.24 Å². The Morgan fingerprint density at radius 2 is 2.40 bits per heavy atom. The van der Waals surface area contributed by atoms with Gasteiger partial charge in [0, 0.05) is 18.8 Å². The number of hydrogen-bond donors (Lipinski definition) is 1. The molecule has 0 aromatic heterocycles. The number of ether oxygens (including phenoxy) is 1. The Bertz CT molecular complexity index is 104. The second-order valence-corrected chi connectivity index (χ2v) is 3.81. The van der Waals surface area contributed by atoms with Crippen molar-refractivity contribution >= 4 is 21.9 Å². The number of nitrogens with zero attached hydrogens (tertiary/aromatic N) is 1. The van der Waals surface area contributed by atoms with E-state index in [0.717, 1.165) is 18.8 Å². The van der Waals surface area contributed by atoms with Crippen LogP contribution in [0.1, 0.15) is 0 Å². The molecule has 3 unspecified atom stereocenters. The molecule has 0 N–H and O–H groups in total. The summed E-state index contributed by atoms with van der Waals surface area (Å²) in [5.74, 6) is 1.10. The highest BCUT2D eigenvalue weighted by molar-refractivity contribution is 7.80.